The average molecular weight is 410 g/mol. The molecule has 0 amide bonds. The molecule has 1 saturated carbocycles. The molecule has 8 heteroatoms. The van der Waals surface area contributed by atoms with Crippen molar-refractivity contribution < 1.29 is 4.74 Å². The van der Waals surface area contributed by atoms with Crippen LogP contribution in [-0.2, 0) is 4.74 Å². The van der Waals surface area contributed by atoms with Crippen LogP contribution in [0.3, 0.4) is 0 Å². The Hall–Kier alpha value is -2.74. The third-order valence-corrected chi connectivity index (χ3v) is 6.14. The van der Waals surface area contributed by atoms with Crippen molar-refractivity contribution in [1.29, 1.82) is 0 Å². The fraction of sp³-hybridized carbons (Fsp3) is 0.545. The fourth-order valence-electron chi connectivity index (χ4n) is 4.36. The van der Waals surface area contributed by atoms with Gasteiger partial charge in [-0.25, -0.2) is 15.0 Å². The number of nitrogens with zero attached hydrogens (tertiary/aromatic N) is 6. The lowest BCUT2D eigenvalue weighted by Gasteiger charge is -2.31. The summed E-state index contributed by atoms with van der Waals surface area (Å²) in [5.41, 5.74) is 2.07. The van der Waals surface area contributed by atoms with Crippen molar-refractivity contribution in [2.75, 3.05) is 30.4 Å². The number of rotatable bonds is 7. The molecule has 2 aromatic heterocycles. The van der Waals surface area contributed by atoms with E-state index < -0.39 is 0 Å². The second-order valence-corrected chi connectivity index (χ2v) is 8.04. The SMILES string of the molecule is C=N/C(=C\c1c(C)ncn1C1CCCC1)Nc1ccnc(N2CCC(OC)CC2)n1. The largest absolute Gasteiger partial charge is 0.381 e. The first-order chi connectivity index (χ1) is 14.7. The number of nitrogens with one attached hydrogen (secondary N) is 1. The molecule has 8 nitrogen and oxygen atoms in total. The van der Waals surface area contributed by atoms with Crippen LogP contribution < -0.4 is 10.2 Å². The first-order valence-electron chi connectivity index (χ1n) is 10.8. The quantitative estimate of drug-likeness (QED) is 0.700. The van der Waals surface area contributed by atoms with Crippen molar-refractivity contribution in [1.82, 2.24) is 19.5 Å². The molecule has 1 N–H and O–H groups in total. The van der Waals surface area contributed by atoms with E-state index in [1.54, 1.807) is 13.3 Å². The Morgan fingerprint density at radius 3 is 2.70 bits per heavy atom. The van der Waals surface area contributed by atoms with E-state index >= 15 is 0 Å². The molecule has 0 aromatic carbocycles. The topological polar surface area (TPSA) is 80.5 Å². The summed E-state index contributed by atoms with van der Waals surface area (Å²) < 4.78 is 7.74. The Morgan fingerprint density at radius 1 is 1.23 bits per heavy atom. The lowest BCUT2D eigenvalue weighted by Crippen LogP contribution is -2.37. The Bertz CT molecular complexity index is 893. The summed E-state index contributed by atoms with van der Waals surface area (Å²) in [6, 6.07) is 2.37. The van der Waals surface area contributed by atoms with Crippen LogP contribution in [0.5, 0.6) is 0 Å². The highest BCUT2D eigenvalue weighted by Crippen LogP contribution is 2.32. The number of hydrogen-bond donors (Lipinski definition) is 1. The van der Waals surface area contributed by atoms with Crippen molar-refractivity contribution in [3.8, 4) is 0 Å². The third kappa shape index (κ3) is 4.53. The molecule has 1 aliphatic carbocycles. The number of methoxy groups -OCH3 is 1. The van der Waals surface area contributed by atoms with Crippen molar-refractivity contribution in [3.63, 3.8) is 0 Å². The van der Waals surface area contributed by atoms with Gasteiger partial charge in [0, 0.05) is 38.5 Å². The second-order valence-electron chi connectivity index (χ2n) is 8.04. The van der Waals surface area contributed by atoms with Gasteiger partial charge in [-0.05, 0) is 45.4 Å². The van der Waals surface area contributed by atoms with E-state index in [0.29, 0.717) is 23.8 Å². The Morgan fingerprint density at radius 2 is 2.00 bits per heavy atom. The van der Waals surface area contributed by atoms with Crippen LogP contribution in [0.1, 0.15) is 56.0 Å². The van der Waals surface area contributed by atoms with Crippen LogP contribution >= 0.6 is 0 Å². The number of imidazole rings is 1. The van der Waals surface area contributed by atoms with E-state index in [9.17, 15) is 0 Å². The molecule has 1 saturated heterocycles. The van der Waals surface area contributed by atoms with Gasteiger partial charge in [0.1, 0.15) is 11.6 Å². The summed E-state index contributed by atoms with van der Waals surface area (Å²) >= 11 is 0. The van der Waals surface area contributed by atoms with Gasteiger partial charge in [-0.3, -0.25) is 0 Å². The van der Waals surface area contributed by atoms with Gasteiger partial charge in [-0.2, -0.15) is 4.98 Å². The first-order valence-corrected chi connectivity index (χ1v) is 10.8. The van der Waals surface area contributed by atoms with Crippen LogP contribution in [0.2, 0.25) is 0 Å². The molecule has 0 bridgehead atoms. The lowest BCUT2D eigenvalue weighted by atomic mass is 10.1. The first kappa shape index (κ1) is 20.5. The average Bonchev–Trinajstić information content (AvgIpc) is 3.44. The fourth-order valence-corrected chi connectivity index (χ4v) is 4.36. The predicted octanol–water partition coefficient (Wildman–Crippen LogP) is 3.82. The molecule has 2 aliphatic rings. The van der Waals surface area contributed by atoms with Crippen LogP contribution in [0.25, 0.3) is 6.08 Å². The summed E-state index contributed by atoms with van der Waals surface area (Å²) in [6.45, 7) is 7.56. The highest BCUT2D eigenvalue weighted by atomic mass is 16.5. The molecule has 0 atom stereocenters. The molecule has 0 spiro atoms. The monoisotopic (exact) mass is 409 g/mol. The summed E-state index contributed by atoms with van der Waals surface area (Å²) in [6.07, 6.45) is 13.0. The van der Waals surface area contributed by atoms with Crippen LogP contribution in [-0.4, -0.2) is 52.5 Å². The minimum absolute atomic E-state index is 0.329. The van der Waals surface area contributed by atoms with E-state index in [2.05, 4.69) is 36.5 Å². The standard InChI is InChI=1S/C22H31N7O/c1-16-19(29(15-25-16)17-6-4-5-7-17)14-21(23-2)26-20-8-11-24-22(27-20)28-12-9-18(30-3)10-13-28/h8,11,14-15,17-18H,2,4-7,9-10,12-13H2,1,3H3,(H,24,26,27)/b21-14+. The second kappa shape index (κ2) is 9.38. The van der Waals surface area contributed by atoms with Gasteiger partial charge in [0.15, 0.2) is 0 Å². The van der Waals surface area contributed by atoms with E-state index in [1.165, 1.54) is 25.7 Å². The van der Waals surface area contributed by atoms with Crippen LogP contribution in [0, 0.1) is 6.92 Å². The maximum Gasteiger partial charge on any atom is 0.227 e. The van der Waals surface area contributed by atoms with Gasteiger partial charge >= 0.3 is 0 Å². The number of ether oxygens (including phenoxy) is 1. The molecule has 1 aliphatic heterocycles. The van der Waals surface area contributed by atoms with Gasteiger partial charge in [0.05, 0.1) is 23.8 Å². The normalized spacial score (nSPS) is 18.7. The highest BCUT2D eigenvalue weighted by molar-refractivity contribution is 5.59. The van der Waals surface area contributed by atoms with Gasteiger partial charge in [-0.15, -0.1) is 0 Å². The minimum Gasteiger partial charge on any atom is -0.381 e. The lowest BCUT2D eigenvalue weighted by molar-refractivity contribution is 0.0816. The molecular formula is C22H31N7O. The molecule has 2 aromatic rings. The number of hydrogen-bond acceptors (Lipinski definition) is 7. The molecule has 30 heavy (non-hydrogen) atoms. The Balaban J connectivity index is 1.51. The highest BCUT2D eigenvalue weighted by Gasteiger charge is 2.22. The summed E-state index contributed by atoms with van der Waals surface area (Å²) in [4.78, 5) is 20.1. The molecule has 0 unspecified atom stereocenters. The summed E-state index contributed by atoms with van der Waals surface area (Å²) in [7, 11) is 1.78. The zero-order valence-corrected chi connectivity index (χ0v) is 17.9. The molecule has 0 radical (unpaired) electrons. The van der Waals surface area contributed by atoms with Crippen molar-refractivity contribution >= 4 is 24.6 Å². The molecular weight excluding hydrogens is 378 g/mol. The Labute approximate surface area is 178 Å². The van der Waals surface area contributed by atoms with Crippen molar-refractivity contribution in [3.05, 3.63) is 35.8 Å². The number of aromatic nitrogens is 4. The number of anilines is 2. The van der Waals surface area contributed by atoms with Crippen LogP contribution in [0.15, 0.2) is 29.4 Å². The van der Waals surface area contributed by atoms with E-state index in [0.717, 1.165) is 43.3 Å². The maximum atomic E-state index is 5.46. The number of piperidine rings is 1. The van der Waals surface area contributed by atoms with E-state index in [4.69, 9.17) is 9.72 Å². The van der Waals surface area contributed by atoms with E-state index in [-0.39, 0.29) is 0 Å². The van der Waals surface area contributed by atoms with Crippen molar-refractivity contribution in [2.45, 2.75) is 57.6 Å². The number of aliphatic imine (C=N–C) groups is 1. The molecule has 160 valence electrons. The van der Waals surface area contributed by atoms with Crippen LogP contribution in [0.4, 0.5) is 11.8 Å². The molecule has 4 rings (SSSR count). The third-order valence-electron chi connectivity index (χ3n) is 6.14. The minimum atomic E-state index is 0.329. The maximum absolute atomic E-state index is 5.46. The van der Waals surface area contributed by atoms with E-state index in [1.807, 2.05) is 25.4 Å². The Kier molecular flexibility index (Phi) is 6.42. The summed E-state index contributed by atoms with van der Waals surface area (Å²) in [5.74, 6) is 2.09. The predicted molar refractivity (Wildman–Crippen MR) is 120 cm³/mol. The zero-order chi connectivity index (χ0) is 20.9. The molecule has 2 fully saturated rings. The van der Waals surface area contributed by atoms with Crippen molar-refractivity contribution in [2.24, 2.45) is 4.99 Å². The van der Waals surface area contributed by atoms with Gasteiger partial charge < -0.3 is 19.5 Å². The smallest absolute Gasteiger partial charge is 0.227 e. The number of aryl methyl sites for hydroxylation is 1. The molecule has 3 heterocycles. The van der Waals surface area contributed by atoms with Gasteiger partial charge in [0.2, 0.25) is 5.95 Å². The van der Waals surface area contributed by atoms with Gasteiger partial charge in [0.25, 0.3) is 0 Å². The zero-order valence-electron chi connectivity index (χ0n) is 17.9. The van der Waals surface area contributed by atoms with Gasteiger partial charge in [-0.1, -0.05) is 12.8 Å². The summed E-state index contributed by atoms with van der Waals surface area (Å²) in [5, 5.41) is 3.30.